The second kappa shape index (κ2) is 6.66. The lowest BCUT2D eigenvalue weighted by molar-refractivity contribution is 0.166. The summed E-state index contributed by atoms with van der Waals surface area (Å²) >= 11 is 0. The van der Waals surface area contributed by atoms with Crippen molar-refractivity contribution < 1.29 is 4.39 Å². The Morgan fingerprint density at radius 3 is 2.83 bits per heavy atom. The van der Waals surface area contributed by atoms with Gasteiger partial charge in [0.05, 0.1) is 0 Å². The molecule has 1 aliphatic rings. The topological polar surface area (TPSA) is 15.3 Å². The summed E-state index contributed by atoms with van der Waals surface area (Å²) in [6.07, 6.45) is 3.91. The summed E-state index contributed by atoms with van der Waals surface area (Å²) in [5, 5.41) is 3.35. The Labute approximate surface area is 108 Å². The molecule has 1 heterocycles. The van der Waals surface area contributed by atoms with E-state index in [9.17, 15) is 4.39 Å². The molecule has 1 aromatic carbocycles. The van der Waals surface area contributed by atoms with Crippen LogP contribution in [0.3, 0.4) is 0 Å². The molecule has 3 heteroatoms. The SMILES string of the molecule is C=CCC[C@H](c1cccc(F)c1)N1CCNCC1. The van der Waals surface area contributed by atoms with Gasteiger partial charge in [0.25, 0.3) is 0 Å². The largest absolute Gasteiger partial charge is 0.314 e. The third-order valence-corrected chi connectivity index (χ3v) is 3.47. The van der Waals surface area contributed by atoms with Gasteiger partial charge in [0, 0.05) is 32.2 Å². The Morgan fingerprint density at radius 1 is 1.39 bits per heavy atom. The molecule has 98 valence electrons. The van der Waals surface area contributed by atoms with Gasteiger partial charge in [0.15, 0.2) is 0 Å². The second-order valence-corrected chi connectivity index (χ2v) is 4.72. The van der Waals surface area contributed by atoms with Crippen LogP contribution in [0.1, 0.15) is 24.4 Å². The number of hydrogen-bond donors (Lipinski definition) is 1. The lowest BCUT2D eigenvalue weighted by atomic mass is 9.99. The molecule has 0 bridgehead atoms. The van der Waals surface area contributed by atoms with Crippen molar-refractivity contribution in [2.24, 2.45) is 0 Å². The average Bonchev–Trinajstić information content (AvgIpc) is 2.40. The van der Waals surface area contributed by atoms with Crippen LogP contribution in [0.15, 0.2) is 36.9 Å². The van der Waals surface area contributed by atoms with Crippen molar-refractivity contribution in [2.45, 2.75) is 18.9 Å². The fourth-order valence-corrected chi connectivity index (χ4v) is 2.54. The number of hydrogen-bond acceptors (Lipinski definition) is 2. The van der Waals surface area contributed by atoms with Gasteiger partial charge in [-0.2, -0.15) is 0 Å². The molecule has 0 radical (unpaired) electrons. The smallest absolute Gasteiger partial charge is 0.123 e. The zero-order chi connectivity index (χ0) is 12.8. The maximum atomic E-state index is 13.4. The van der Waals surface area contributed by atoms with Crippen LogP contribution in [0.5, 0.6) is 0 Å². The summed E-state index contributed by atoms with van der Waals surface area (Å²) in [5.41, 5.74) is 1.08. The molecule has 1 atom stereocenters. The van der Waals surface area contributed by atoms with Gasteiger partial charge in [-0.1, -0.05) is 18.2 Å². The van der Waals surface area contributed by atoms with Crippen LogP contribution in [0.2, 0.25) is 0 Å². The predicted octanol–water partition coefficient (Wildman–Crippen LogP) is 2.74. The molecule has 1 aromatic rings. The minimum atomic E-state index is -0.147. The quantitative estimate of drug-likeness (QED) is 0.806. The first kappa shape index (κ1) is 13.2. The predicted molar refractivity (Wildman–Crippen MR) is 73.0 cm³/mol. The summed E-state index contributed by atoms with van der Waals surface area (Å²) < 4.78 is 13.4. The zero-order valence-corrected chi connectivity index (χ0v) is 10.7. The Kier molecular flexibility index (Phi) is 4.90. The lowest BCUT2D eigenvalue weighted by Gasteiger charge is -2.35. The van der Waals surface area contributed by atoms with E-state index in [2.05, 4.69) is 16.8 Å². The third-order valence-electron chi connectivity index (χ3n) is 3.47. The monoisotopic (exact) mass is 248 g/mol. The van der Waals surface area contributed by atoms with Crippen molar-refractivity contribution >= 4 is 0 Å². The highest BCUT2D eigenvalue weighted by Gasteiger charge is 2.21. The van der Waals surface area contributed by atoms with E-state index in [-0.39, 0.29) is 5.82 Å². The van der Waals surface area contributed by atoms with E-state index in [4.69, 9.17) is 0 Å². The van der Waals surface area contributed by atoms with E-state index in [0.29, 0.717) is 6.04 Å². The number of nitrogens with one attached hydrogen (secondary N) is 1. The van der Waals surface area contributed by atoms with Crippen LogP contribution in [-0.4, -0.2) is 31.1 Å². The van der Waals surface area contributed by atoms with Crippen molar-refractivity contribution in [3.8, 4) is 0 Å². The van der Waals surface area contributed by atoms with Crippen molar-refractivity contribution in [1.82, 2.24) is 10.2 Å². The molecule has 0 aliphatic carbocycles. The Bertz CT molecular complexity index is 386. The highest BCUT2D eigenvalue weighted by molar-refractivity contribution is 5.20. The molecule has 0 spiro atoms. The number of rotatable bonds is 5. The van der Waals surface area contributed by atoms with Gasteiger partial charge in [-0.05, 0) is 30.5 Å². The van der Waals surface area contributed by atoms with E-state index in [0.717, 1.165) is 44.6 Å². The number of halogens is 1. The Balaban J connectivity index is 2.15. The molecular weight excluding hydrogens is 227 g/mol. The van der Waals surface area contributed by atoms with E-state index in [1.165, 1.54) is 6.07 Å². The van der Waals surface area contributed by atoms with Crippen LogP contribution in [-0.2, 0) is 0 Å². The molecule has 2 nitrogen and oxygen atoms in total. The fourth-order valence-electron chi connectivity index (χ4n) is 2.54. The lowest BCUT2D eigenvalue weighted by Crippen LogP contribution is -2.45. The normalized spacial score (nSPS) is 18.5. The zero-order valence-electron chi connectivity index (χ0n) is 10.7. The number of benzene rings is 1. The first-order valence-corrected chi connectivity index (χ1v) is 6.62. The Hall–Kier alpha value is -1.19. The van der Waals surface area contributed by atoms with E-state index in [1.807, 2.05) is 12.1 Å². The molecular formula is C15H21FN2. The standard InChI is InChI=1S/C15H21FN2/c1-2-3-7-15(18-10-8-17-9-11-18)13-5-4-6-14(16)12-13/h2,4-6,12,15,17H,1,3,7-11H2/t15-/m1/s1. The van der Waals surface area contributed by atoms with Crippen molar-refractivity contribution in [3.63, 3.8) is 0 Å². The minimum Gasteiger partial charge on any atom is -0.314 e. The number of piperazine rings is 1. The van der Waals surface area contributed by atoms with Crippen LogP contribution >= 0.6 is 0 Å². The third kappa shape index (κ3) is 3.40. The minimum absolute atomic E-state index is 0.147. The molecule has 2 rings (SSSR count). The summed E-state index contributed by atoms with van der Waals surface area (Å²) in [5.74, 6) is -0.147. The molecule has 1 aliphatic heterocycles. The second-order valence-electron chi connectivity index (χ2n) is 4.72. The molecule has 1 N–H and O–H groups in total. The number of allylic oxidation sites excluding steroid dienone is 1. The van der Waals surface area contributed by atoms with Gasteiger partial charge in [0.1, 0.15) is 5.82 Å². The first-order valence-electron chi connectivity index (χ1n) is 6.62. The highest BCUT2D eigenvalue weighted by Crippen LogP contribution is 2.26. The maximum Gasteiger partial charge on any atom is 0.123 e. The Morgan fingerprint density at radius 2 is 2.17 bits per heavy atom. The van der Waals surface area contributed by atoms with Crippen LogP contribution in [0.25, 0.3) is 0 Å². The van der Waals surface area contributed by atoms with Gasteiger partial charge in [-0.25, -0.2) is 4.39 Å². The van der Waals surface area contributed by atoms with Crippen molar-refractivity contribution in [3.05, 3.63) is 48.3 Å². The highest BCUT2D eigenvalue weighted by atomic mass is 19.1. The van der Waals surface area contributed by atoms with Crippen molar-refractivity contribution in [1.29, 1.82) is 0 Å². The first-order chi connectivity index (χ1) is 8.81. The van der Waals surface area contributed by atoms with Gasteiger partial charge in [-0.3, -0.25) is 4.90 Å². The summed E-state index contributed by atoms with van der Waals surface area (Å²) in [4.78, 5) is 2.44. The molecule has 1 saturated heterocycles. The van der Waals surface area contributed by atoms with Crippen LogP contribution < -0.4 is 5.32 Å². The summed E-state index contributed by atoms with van der Waals surface area (Å²) in [6.45, 7) is 7.86. The molecule has 0 amide bonds. The van der Waals surface area contributed by atoms with E-state index >= 15 is 0 Å². The van der Waals surface area contributed by atoms with Gasteiger partial charge < -0.3 is 5.32 Å². The average molecular weight is 248 g/mol. The fraction of sp³-hybridized carbons (Fsp3) is 0.467. The molecule has 1 fully saturated rings. The number of nitrogens with zero attached hydrogens (tertiary/aromatic N) is 1. The van der Waals surface area contributed by atoms with Gasteiger partial charge in [0.2, 0.25) is 0 Å². The van der Waals surface area contributed by atoms with E-state index in [1.54, 1.807) is 12.1 Å². The molecule has 0 saturated carbocycles. The maximum absolute atomic E-state index is 13.4. The summed E-state index contributed by atoms with van der Waals surface area (Å²) in [7, 11) is 0. The molecule has 18 heavy (non-hydrogen) atoms. The van der Waals surface area contributed by atoms with Gasteiger partial charge in [-0.15, -0.1) is 6.58 Å². The summed E-state index contributed by atoms with van der Waals surface area (Å²) in [6, 6.07) is 7.30. The van der Waals surface area contributed by atoms with Crippen LogP contribution in [0.4, 0.5) is 4.39 Å². The van der Waals surface area contributed by atoms with E-state index < -0.39 is 0 Å². The molecule has 0 aromatic heterocycles. The molecule has 0 unspecified atom stereocenters. The van der Waals surface area contributed by atoms with Gasteiger partial charge >= 0.3 is 0 Å². The van der Waals surface area contributed by atoms with Crippen LogP contribution in [0, 0.1) is 5.82 Å². The van der Waals surface area contributed by atoms with Crippen molar-refractivity contribution in [2.75, 3.05) is 26.2 Å².